The molecule has 0 radical (unpaired) electrons. The summed E-state index contributed by atoms with van der Waals surface area (Å²) in [4.78, 5) is 0.230. The smallest absolute Gasteiger partial charge is 0.175 e. The molecule has 140 valence electrons. The molecule has 0 N–H and O–H groups in total. The van der Waals surface area contributed by atoms with Crippen molar-refractivity contribution in [1.82, 2.24) is 0 Å². The van der Waals surface area contributed by atoms with Crippen LogP contribution in [0.15, 0.2) is 47.4 Å². The normalized spacial score (nSPS) is 16.8. The minimum Gasteiger partial charge on any atom is -0.485 e. The summed E-state index contributed by atoms with van der Waals surface area (Å²) in [5.74, 6) is -2.68. The van der Waals surface area contributed by atoms with Gasteiger partial charge in [0, 0.05) is 23.4 Å². The van der Waals surface area contributed by atoms with Gasteiger partial charge in [-0.2, -0.15) is 0 Å². The molecule has 1 aliphatic heterocycles. The van der Waals surface area contributed by atoms with Gasteiger partial charge in [0.15, 0.2) is 21.5 Å². The minimum atomic E-state index is -3.31. The number of halogens is 3. The van der Waals surface area contributed by atoms with Gasteiger partial charge >= 0.3 is 0 Å². The second kappa shape index (κ2) is 6.27. The Morgan fingerprint density at radius 1 is 0.963 bits per heavy atom. The first kappa shape index (κ1) is 17.9. The van der Waals surface area contributed by atoms with Crippen molar-refractivity contribution in [2.45, 2.75) is 23.8 Å². The molecule has 0 saturated carbocycles. The maximum absolute atomic E-state index is 14.1. The van der Waals surface area contributed by atoms with E-state index >= 15 is 0 Å². The second-order valence-corrected chi connectivity index (χ2v) is 8.65. The van der Waals surface area contributed by atoms with Crippen molar-refractivity contribution in [2.75, 3.05) is 6.26 Å². The van der Waals surface area contributed by atoms with Gasteiger partial charge in [-0.05, 0) is 47.9 Å². The zero-order valence-corrected chi connectivity index (χ0v) is 15.1. The Morgan fingerprint density at radius 2 is 1.70 bits per heavy atom. The Balaban J connectivity index is 1.74. The van der Waals surface area contributed by atoms with Gasteiger partial charge in [-0.1, -0.05) is 12.1 Å². The molecule has 1 heterocycles. The van der Waals surface area contributed by atoms with E-state index in [9.17, 15) is 21.6 Å². The second-order valence-electron chi connectivity index (χ2n) is 6.63. The van der Waals surface area contributed by atoms with E-state index in [0.717, 1.165) is 28.7 Å². The van der Waals surface area contributed by atoms with Gasteiger partial charge in [0.1, 0.15) is 17.7 Å². The van der Waals surface area contributed by atoms with Gasteiger partial charge < -0.3 is 4.74 Å². The van der Waals surface area contributed by atoms with Crippen molar-refractivity contribution in [3.63, 3.8) is 0 Å². The molecule has 0 amide bonds. The molecule has 4 rings (SSSR count). The molecule has 0 spiro atoms. The number of hydrogen-bond donors (Lipinski definition) is 0. The Bertz CT molecular complexity index is 1170. The summed E-state index contributed by atoms with van der Waals surface area (Å²) in [6, 6.07) is 9.65. The Kier molecular flexibility index (Phi) is 4.14. The molecule has 1 aliphatic rings. The van der Waals surface area contributed by atoms with E-state index in [0.29, 0.717) is 24.7 Å². The van der Waals surface area contributed by atoms with Crippen molar-refractivity contribution in [1.29, 1.82) is 0 Å². The monoisotopic (exact) mass is 392 g/mol. The van der Waals surface area contributed by atoms with Crippen LogP contribution in [0.1, 0.15) is 23.7 Å². The lowest BCUT2D eigenvalue weighted by molar-refractivity contribution is 0.172. The number of benzene rings is 3. The van der Waals surface area contributed by atoms with Crippen molar-refractivity contribution < 1.29 is 26.3 Å². The van der Waals surface area contributed by atoms with Crippen LogP contribution >= 0.6 is 0 Å². The van der Waals surface area contributed by atoms with Crippen LogP contribution in [0.4, 0.5) is 13.2 Å². The highest BCUT2D eigenvalue weighted by Crippen LogP contribution is 2.40. The first-order valence-electron chi connectivity index (χ1n) is 8.31. The zero-order valence-electron chi connectivity index (χ0n) is 14.3. The summed E-state index contributed by atoms with van der Waals surface area (Å²) in [5, 5.41) is 1.61. The number of aryl methyl sites for hydroxylation is 1. The Morgan fingerprint density at radius 3 is 2.44 bits per heavy atom. The molecule has 0 aromatic heterocycles. The topological polar surface area (TPSA) is 43.4 Å². The Hall–Kier alpha value is -2.54. The summed E-state index contributed by atoms with van der Waals surface area (Å²) < 4.78 is 70.0. The molecule has 0 bridgehead atoms. The third kappa shape index (κ3) is 3.16. The van der Waals surface area contributed by atoms with Crippen molar-refractivity contribution >= 4 is 20.6 Å². The molecule has 0 unspecified atom stereocenters. The molecular formula is C20H15F3O3S. The van der Waals surface area contributed by atoms with Crippen LogP contribution < -0.4 is 4.74 Å². The highest BCUT2D eigenvalue weighted by molar-refractivity contribution is 7.90. The Labute approximate surface area is 154 Å². The van der Waals surface area contributed by atoms with E-state index in [-0.39, 0.29) is 10.5 Å². The summed E-state index contributed by atoms with van der Waals surface area (Å²) in [5.41, 5.74) is 0.860. The van der Waals surface area contributed by atoms with Gasteiger partial charge in [0.05, 0.1) is 4.90 Å². The molecule has 0 fully saturated rings. The zero-order chi connectivity index (χ0) is 19.3. The van der Waals surface area contributed by atoms with E-state index < -0.39 is 33.4 Å². The first-order chi connectivity index (χ1) is 12.7. The van der Waals surface area contributed by atoms with E-state index in [1.807, 2.05) is 0 Å². The van der Waals surface area contributed by atoms with Crippen LogP contribution in [0.3, 0.4) is 0 Å². The van der Waals surface area contributed by atoms with Crippen LogP contribution in [-0.4, -0.2) is 14.7 Å². The standard InChI is InChI=1S/C20H15F3O3S/c1-27(24,25)12-3-4-13-11(8-12)2-6-19-14(13)5-7-20(26-19)15-9-17(22)18(23)10-16(15)21/h2-4,6,8-10,20H,5,7H2,1H3/t20-/m0/s1. The SMILES string of the molecule is CS(=O)(=O)c1ccc2c3c(ccc2c1)O[C@H](c1cc(F)c(F)cc1F)CC3. The van der Waals surface area contributed by atoms with Gasteiger partial charge in [-0.3, -0.25) is 0 Å². The van der Waals surface area contributed by atoms with E-state index in [1.165, 1.54) is 0 Å². The van der Waals surface area contributed by atoms with Crippen LogP contribution in [0.5, 0.6) is 5.75 Å². The minimum absolute atomic E-state index is 0.0212. The molecule has 0 saturated heterocycles. The lowest BCUT2D eigenvalue weighted by Gasteiger charge is -2.28. The molecule has 27 heavy (non-hydrogen) atoms. The number of fused-ring (bicyclic) bond motifs is 3. The summed E-state index contributed by atoms with van der Waals surface area (Å²) in [6.45, 7) is 0. The summed E-state index contributed by atoms with van der Waals surface area (Å²) in [7, 11) is -3.31. The third-order valence-corrected chi connectivity index (χ3v) is 5.91. The van der Waals surface area contributed by atoms with Gasteiger partial charge in [-0.25, -0.2) is 21.6 Å². The van der Waals surface area contributed by atoms with E-state index in [1.54, 1.807) is 30.3 Å². The van der Waals surface area contributed by atoms with Crippen LogP contribution in [0.2, 0.25) is 0 Å². The molecule has 3 aromatic carbocycles. The predicted octanol–water partition coefficient (Wildman–Crippen LogP) is 4.73. The van der Waals surface area contributed by atoms with Gasteiger partial charge in [0.2, 0.25) is 0 Å². The molecule has 3 nitrogen and oxygen atoms in total. The number of rotatable bonds is 2. The van der Waals surface area contributed by atoms with Gasteiger partial charge in [0.25, 0.3) is 0 Å². The lowest BCUT2D eigenvalue weighted by Crippen LogP contribution is -2.17. The van der Waals surface area contributed by atoms with Crippen LogP contribution in [0, 0.1) is 17.5 Å². The van der Waals surface area contributed by atoms with E-state index in [2.05, 4.69) is 0 Å². The molecule has 7 heteroatoms. The van der Waals surface area contributed by atoms with Gasteiger partial charge in [-0.15, -0.1) is 0 Å². The van der Waals surface area contributed by atoms with E-state index in [4.69, 9.17) is 4.74 Å². The third-order valence-electron chi connectivity index (χ3n) is 4.80. The highest BCUT2D eigenvalue weighted by atomic mass is 32.2. The molecule has 0 aliphatic carbocycles. The van der Waals surface area contributed by atoms with Crippen LogP contribution in [0.25, 0.3) is 10.8 Å². The maximum Gasteiger partial charge on any atom is 0.175 e. The number of ether oxygens (including phenoxy) is 1. The molecule has 3 aromatic rings. The summed E-state index contributed by atoms with van der Waals surface area (Å²) >= 11 is 0. The molecular weight excluding hydrogens is 377 g/mol. The van der Waals surface area contributed by atoms with Crippen molar-refractivity contribution in [3.05, 3.63) is 71.0 Å². The quantitative estimate of drug-likeness (QED) is 0.593. The number of sulfone groups is 1. The fraction of sp³-hybridized carbons (Fsp3) is 0.200. The lowest BCUT2D eigenvalue weighted by atomic mass is 9.93. The fourth-order valence-electron chi connectivity index (χ4n) is 3.44. The molecule has 1 atom stereocenters. The summed E-state index contributed by atoms with van der Waals surface area (Å²) in [6.07, 6.45) is 1.35. The van der Waals surface area contributed by atoms with Crippen molar-refractivity contribution in [2.24, 2.45) is 0 Å². The highest BCUT2D eigenvalue weighted by Gasteiger charge is 2.26. The average Bonchev–Trinajstić information content (AvgIpc) is 2.63. The van der Waals surface area contributed by atoms with Crippen LogP contribution in [-0.2, 0) is 16.3 Å². The number of hydrogen-bond acceptors (Lipinski definition) is 3. The largest absolute Gasteiger partial charge is 0.485 e. The average molecular weight is 392 g/mol. The van der Waals surface area contributed by atoms with Crippen molar-refractivity contribution in [3.8, 4) is 5.75 Å². The fourth-order valence-corrected chi connectivity index (χ4v) is 4.10. The predicted molar refractivity (Wildman–Crippen MR) is 95.1 cm³/mol. The first-order valence-corrected chi connectivity index (χ1v) is 10.2. The maximum atomic E-state index is 14.1.